The fourth-order valence-corrected chi connectivity index (χ4v) is 3.33. The maximum absolute atomic E-state index is 5.55. The highest BCUT2D eigenvalue weighted by molar-refractivity contribution is 5.39. The third kappa shape index (κ3) is 3.76. The van der Waals surface area contributed by atoms with Crippen LogP contribution in [-0.2, 0) is 0 Å². The number of hydrogen-bond donors (Lipinski definition) is 1. The van der Waals surface area contributed by atoms with Gasteiger partial charge in [0.2, 0.25) is 0 Å². The molecule has 0 radical (unpaired) electrons. The summed E-state index contributed by atoms with van der Waals surface area (Å²) < 4.78 is 5.55. The van der Waals surface area contributed by atoms with Crippen molar-refractivity contribution in [3.63, 3.8) is 0 Å². The van der Waals surface area contributed by atoms with Crippen LogP contribution in [0.15, 0.2) is 18.2 Å². The fourth-order valence-electron chi connectivity index (χ4n) is 3.33. The summed E-state index contributed by atoms with van der Waals surface area (Å²) in [5, 5.41) is 3.84. The number of hydrogen-bond acceptors (Lipinski definition) is 2. The first-order valence-corrected chi connectivity index (χ1v) is 8.02. The van der Waals surface area contributed by atoms with E-state index < -0.39 is 0 Å². The largest absolute Gasteiger partial charge is 0.496 e. The Hall–Kier alpha value is -1.02. The molecule has 0 aliphatic heterocycles. The van der Waals surface area contributed by atoms with Crippen molar-refractivity contribution in [2.24, 2.45) is 5.92 Å². The van der Waals surface area contributed by atoms with Gasteiger partial charge in [-0.15, -0.1) is 0 Å². The van der Waals surface area contributed by atoms with Gasteiger partial charge in [-0.05, 0) is 44.2 Å². The quantitative estimate of drug-likeness (QED) is 0.809. The molecule has 0 bridgehead atoms. The van der Waals surface area contributed by atoms with Crippen molar-refractivity contribution in [3.05, 3.63) is 29.3 Å². The van der Waals surface area contributed by atoms with E-state index in [0.29, 0.717) is 12.1 Å². The summed E-state index contributed by atoms with van der Waals surface area (Å²) in [5.41, 5.74) is 2.52. The van der Waals surface area contributed by atoms with Gasteiger partial charge in [0.1, 0.15) is 5.75 Å². The molecule has 20 heavy (non-hydrogen) atoms. The molecule has 0 heterocycles. The van der Waals surface area contributed by atoms with Crippen molar-refractivity contribution in [3.8, 4) is 5.75 Å². The highest BCUT2D eigenvalue weighted by Crippen LogP contribution is 2.29. The zero-order valence-corrected chi connectivity index (χ0v) is 13.4. The first kappa shape index (κ1) is 15.4. The maximum atomic E-state index is 5.55. The van der Waals surface area contributed by atoms with Crippen LogP contribution >= 0.6 is 0 Å². The van der Waals surface area contributed by atoms with Crippen LogP contribution < -0.4 is 10.1 Å². The number of methoxy groups -OCH3 is 1. The van der Waals surface area contributed by atoms with E-state index >= 15 is 0 Å². The summed E-state index contributed by atoms with van der Waals surface area (Å²) in [6.07, 6.45) is 6.81. The molecule has 2 nitrogen and oxygen atoms in total. The molecular weight excluding hydrogens is 246 g/mol. The molecule has 1 saturated carbocycles. The number of benzene rings is 1. The van der Waals surface area contributed by atoms with E-state index in [1.807, 2.05) is 0 Å². The predicted molar refractivity (Wildman–Crippen MR) is 85.3 cm³/mol. The lowest BCUT2D eigenvalue weighted by atomic mass is 9.95. The van der Waals surface area contributed by atoms with Crippen LogP contribution in [0.2, 0.25) is 0 Å². The van der Waals surface area contributed by atoms with Crippen molar-refractivity contribution < 1.29 is 4.74 Å². The lowest BCUT2D eigenvalue weighted by Crippen LogP contribution is -2.36. The summed E-state index contributed by atoms with van der Waals surface area (Å²) >= 11 is 0. The molecule has 0 amide bonds. The van der Waals surface area contributed by atoms with Crippen molar-refractivity contribution >= 4 is 0 Å². The first-order chi connectivity index (χ1) is 9.61. The van der Waals surface area contributed by atoms with E-state index in [-0.39, 0.29) is 0 Å². The predicted octanol–water partition coefficient (Wildman–Crippen LogP) is 4.62. The van der Waals surface area contributed by atoms with Crippen LogP contribution in [0, 0.1) is 12.8 Å². The Labute approximate surface area is 123 Å². The molecule has 3 atom stereocenters. The maximum Gasteiger partial charge on any atom is 0.123 e. The van der Waals surface area contributed by atoms with Crippen LogP contribution in [0.25, 0.3) is 0 Å². The molecule has 1 N–H and O–H groups in total. The van der Waals surface area contributed by atoms with Gasteiger partial charge in [-0.2, -0.15) is 0 Å². The van der Waals surface area contributed by atoms with Crippen LogP contribution in [0.4, 0.5) is 0 Å². The van der Waals surface area contributed by atoms with Gasteiger partial charge in [0, 0.05) is 17.6 Å². The first-order valence-electron chi connectivity index (χ1n) is 8.02. The topological polar surface area (TPSA) is 21.3 Å². The second-order valence-corrected chi connectivity index (χ2v) is 6.36. The molecule has 1 aromatic carbocycles. The van der Waals surface area contributed by atoms with E-state index in [1.165, 1.54) is 43.2 Å². The lowest BCUT2D eigenvalue weighted by molar-refractivity contribution is 0.324. The van der Waals surface area contributed by atoms with Crippen LogP contribution in [0.3, 0.4) is 0 Å². The van der Waals surface area contributed by atoms with Crippen LogP contribution in [0.5, 0.6) is 5.75 Å². The molecule has 2 rings (SSSR count). The average Bonchev–Trinajstić information content (AvgIpc) is 2.64. The minimum atomic E-state index is 0.344. The minimum Gasteiger partial charge on any atom is -0.496 e. The molecule has 1 aliphatic carbocycles. The van der Waals surface area contributed by atoms with Crippen molar-refractivity contribution in [1.29, 1.82) is 0 Å². The molecule has 112 valence electrons. The Morgan fingerprint density at radius 2 is 1.95 bits per heavy atom. The molecule has 1 fully saturated rings. The molecule has 2 heteroatoms. The van der Waals surface area contributed by atoms with Gasteiger partial charge < -0.3 is 10.1 Å². The zero-order valence-electron chi connectivity index (χ0n) is 13.4. The Morgan fingerprint density at radius 3 is 2.70 bits per heavy atom. The Morgan fingerprint density at radius 1 is 1.20 bits per heavy atom. The molecule has 3 unspecified atom stereocenters. The van der Waals surface area contributed by atoms with Gasteiger partial charge in [-0.25, -0.2) is 0 Å². The van der Waals surface area contributed by atoms with E-state index in [1.54, 1.807) is 7.11 Å². The Balaban J connectivity index is 2.08. The van der Waals surface area contributed by atoms with Crippen LogP contribution in [-0.4, -0.2) is 13.2 Å². The Kier molecular flexibility index (Phi) is 5.47. The smallest absolute Gasteiger partial charge is 0.123 e. The number of nitrogens with one attached hydrogen (secondary N) is 1. The third-order valence-electron chi connectivity index (χ3n) is 4.68. The SMILES string of the molecule is COc1cc(C)ccc1C(C)NC1CCCCCC1C. The van der Waals surface area contributed by atoms with Crippen molar-refractivity contribution in [1.82, 2.24) is 5.32 Å². The lowest BCUT2D eigenvalue weighted by Gasteiger charge is -2.28. The normalized spacial score (nSPS) is 25.0. The number of aryl methyl sites for hydroxylation is 1. The zero-order chi connectivity index (χ0) is 14.5. The number of ether oxygens (including phenoxy) is 1. The summed E-state index contributed by atoms with van der Waals surface area (Å²) in [5.74, 6) is 1.78. The minimum absolute atomic E-state index is 0.344. The van der Waals surface area contributed by atoms with Gasteiger partial charge in [0.05, 0.1) is 7.11 Å². The highest BCUT2D eigenvalue weighted by atomic mass is 16.5. The van der Waals surface area contributed by atoms with Gasteiger partial charge in [-0.3, -0.25) is 0 Å². The van der Waals surface area contributed by atoms with Gasteiger partial charge in [-0.1, -0.05) is 38.3 Å². The standard InChI is InChI=1S/C18H29NO/c1-13-10-11-16(18(12-13)20-4)15(3)19-17-9-7-5-6-8-14(17)2/h10-12,14-15,17,19H,5-9H2,1-4H3. The number of rotatable bonds is 4. The second kappa shape index (κ2) is 7.12. The molecule has 0 spiro atoms. The summed E-state index contributed by atoms with van der Waals surface area (Å²) in [6, 6.07) is 7.48. The third-order valence-corrected chi connectivity index (χ3v) is 4.68. The van der Waals surface area contributed by atoms with Gasteiger partial charge in [0.25, 0.3) is 0 Å². The second-order valence-electron chi connectivity index (χ2n) is 6.36. The van der Waals surface area contributed by atoms with Crippen LogP contribution in [0.1, 0.15) is 63.1 Å². The highest BCUT2D eigenvalue weighted by Gasteiger charge is 2.22. The average molecular weight is 275 g/mol. The fraction of sp³-hybridized carbons (Fsp3) is 0.667. The molecule has 1 aromatic rings. The van der Waals surface area contributed by atoms with Crippen molar-refractivity contribution in [2.75, 3.05) is 7.11 Å². The van der Waals surface area contributed by atoms with E-state index in [9.17, 15) is 0 Å². The summed E-state index contributed by atoms with van der Waals surface area (Å²) in [4.78, 5) is 0. The van der Waals surface area contributed by atoms with E-state index in [0.717, 1.165) is 11.7 Å². The summed E-state index contributed by atoms with van der Waals surface area (Å²) in [6.45, 7) is 6.75. The van der Waals surface area contributed by atoms with Gasteiger partial charge >= 0.3 is 0 Å². The molecule has 0 saturated heterocycles. The van der Waals surface area contributed by atoms with E-state index in [4.69, 9.17) is 4.74 Å². The van der Waals surface area contributed by atoms with E-state index in [2.05, 4.69) is 44.3 Å². The molecule has 1 aliphatic rings. The molecule has 0 aromatic heterocycles. The Bertz CT molecular complexity index is 429. The summed E-state index contributed by atoms with van der Waals surface area (Å²) in [7, 11) is 1.76. The molecular formula is C18H29NO. The van der Waals surface area contributed by atoms with Gasteiger partial charge in [0.15, 0.2) is 0 Å². The monoisotopic (exact) mass is 275 g/mol. The van der Waals surface area contributed by atoms with Crippen molar-refractivity contribution in [2.45, 2.75) is 65.0 Å².